The van der Waals surface area contributed by atoms with Crippen LogP contribution < -0.4 is 5.32 Å². The van der Waals surface area contributed by atoms with E-state index < -0.39 is 11.5 Å². The van der Waals surface area contributed by atoms with Gasteiger partial charge in [0.2, 0.25) is 0 Å². The first-order valence-electron chi connectivity index (χ1n) is 7.11. The average molecular weight is 291 g/mol. The van der Waals surface area contributed by atoms with Crippen molar-refractivity contribution in [2.45, 2.75) is 38.6 Å². The van der Waals surface area contributed by atoms with Crippen LogP contribution in [0.15, 0.2) is 18.2 Å². The van der Waals surface area contributed by atoms with Gasteiger partial charge in [0, 0.05) is 18.8 Å². The number of hydrogen-bond donors (Lipinski definition) is 2. The molecule has 21 heavy (non-hydrogen) atoms. The van der Waals surface area contributed by atoms with Crippen molar-refractivity contribution in [1.29, 1.82) is 0 Å². The van der Waals surface area contributed by atoms with Gasteiger partial charge in [0.15, 0.2) is 0 Å². The highest BCUT2D eigenvalue weighted by atomic mass is 16.5. The fraction of sp³-hybridized carbons (Fsp3) is 0.500. The van der Waals surface area contributed by atoms with Crippen LogP contribution >= 0.6 is 0 Å². The Hall–Kier alpha value is -1.88. The molecular weight excluding hydrogens is 270 g/mol. The lowest BCUT2D eigenvalue weighted by atomic mass is 9.86. The fourth-order valence-electron chi connectivity index (χ4n) is 2.82. The molecule has 0 spiro atoms. The number of hydrogen-bond acceptors (Lipinski definition) is 3. The third kappa shape index (κ3) is 4.04. The van der Waals surface area contributed by atoms with Crippen LogP contribution in [0.4, 0.5) is 0 Å². The normalized spacial score (nSPS) is 17.2. The van der Waals surface area contributed by atoms with Crippen molar-refractivity contribution in [1.82, 2.24) is 5.32 Å². The molecule has 1 saturated heterocycles. The number of carboxylic acids is 1. The highest BCUT2D eigenvalue weighted by Crippen LogP contribution is 2.25. The summed E-state index contributed by atoms with van der Waals surface area (Å²) in [7, 11) is 0. The minimum Gasteiger partial charge on any atom is -0.481 e. The number of carboxylic acid groups (broad SMARTS) is 1. The van der Waals surface area contributed by atoms with Crippen LogP contribution in [0, 0.1) is 13.8 Å². The van der Waals surface area contributed by atoms with Crippen LogP contribution in [-0.2, 0) is 9.53 Å². The Balaban J connectivity index is 2.19. The van der Waals surface area contributed by atoms with Crippen molar-refractivity contribution in [2.75, 3.05) is 13.2 Å². The molecule has 1 aromatic rings. The zero-order chi connectivity index (χ0) is 15.5. The van der Waals surface area contributed by atoms with Gasteiger partial charge in [-0.1, -0.05) is 17.2 Å². The summed E-state index contributed by atoms with van der Waals surface area (Å²) in [6.07, 6.45) is 0.971. The molecule has 114 valence electrons. The first-order chi connectivity index (χ1) is 9.90. The second kappa shape index (κ2) is 6.26. The molecule has 1 aliphatic heterocycles. The molecule has 0 aliphatic carbocycles. The summed E-state index contributed by atoms with van der Waals surface area (Å²) in [5.41, 5.74) is 1.89. The summed E-state index contributed by atoms with van der Waals surface area (Å²) < 4.78 is 5.29. The van der Waals surface area contributed by atoms with E-state index in [-0.39, 0.29) is 12.3 Å². The Kier molecular flexibility index (Phi) is 4.63. The van der Waals surface area contributed by atoms with Gasteiger partial charge in [0.25, 0.3) is 5.91 Å². The van der Waals surface area contributed by atoms with Crippen molar-refractivity contribution in [3.05, 3.63) is 34.9 Å². The molecule has 1 heterocycles. The SMILES string of the molecule is Cc1cc(C)cc(C(=O)NC2(CC(=O)O)CCOCC2)c1. The number of carbonyl (C=O) groups excluding carboxylic acids is 1. The summed E-state index contributed by atoms with van der Waals surface area (Å²) in [5.74, 6) is -1.12. The number of nitrogens with one attached hydrogen (secondary N) is 1. The van der Waals surface area contributed by atoms with Crippen LogP contribution in [0.3, 0.4) is 0 Å². The molecular formula is C16H21NO4. The van der Waals surface area contributed by atoms with Crippen LogP contribution in [0.1, 0.15) is 40.7 Å². The van der Waals surface area contributed by atoms with Crippen LogP contribution in [0.5, 0.6) is 0 Å². The highest BCUT2D eigenvalue weighted by Gasteiger charge is 2.36. The van der Waals surface area contributed by atoms with Crippen LogP contribution in [-0.4, -0.2) is 35.7 Å². The monoisotopic (exact) mass is 291 g/mol. The van der Waals surface area contributed by atoms with Crippen molar-refractivity contribution < 1.29 is 19.4 Å². The fourth-order valence-corrected chi connectivity index (χ4v) is 2.82. The summed E-state index contributed by atoms with van der Waals surface area (Å²) in [6, 6.07) is 5.63. The van der Waals surface area contributed by atoms with E-state index in [4.69, 9.17) is 9.84 Å². The van der Waals surface area contributed by atoms with Gasteiger partial charge in [0.1, 0.15) is 0 Å². The van der Waals surface area contributed by atoms with Crippen molar-refractivity contribution in [3.8, 4) is 0 Å². The zero-order valence-electron chi connectivity index (χ0n) is 12.4. The molecule has 0 saturated carbocycles. The quantitative estimate of drug-likeness (QED) is 0.890. The molecule has 2 N–H and O–H groups in total. The molecule has 0 bridgehead atoms. The molecule has 0 radical (unpaired) electrons. The van der Waals surface area contributed by atoms with Crippen molar-refractivity contribution in [2.24, 2.45) is 0 Å². The lowest BCUT2D eigenvalue weighted by molar-refractivity contribution is -0.139. The second-order valence-electron chi connectivity index (χ2n) is 5.79. The highest BCUT2D eigenvalue weighted by molar-refractivity contribution is 5.95. The minimum atomic E-state index is -0.905. The third-order valence-corrected chi connectivity index (χ3v) is 3.80. The molecule has 5 nitrogen and oxygen atoms in total. The van der Waals surface area contributed by atoms with E-state index in [1.54, 1.807) is 0 Å². The van der Waals surface area contributed by atoms with Gasteiger partial charge >= 0.3 is 5.97 Å². The number of ether oxygens (including phenoxy) is 1. The van der Waals surface area contributed by atoms with Gasteiger partial charge < -0.3 is 15.2 Å². The molecule has 2 rings (SSSR count). The van der Waals surface area contributed by atoms with Crippen LogP contribution in [0.2, 0.25) is 0 Å². The topological polar surface area (TPSA) is 75.6 Å². The Morgan fingerprint density at radius 2 is 1.76 bits per heavy atom. The average Bonchev–Trinajstić information content (AvgIpc) is 2.37. The molecule has 0 aromatic heterocycles. The van der Waals surface area contributed by atoms with Gasteiger partial charge in [-0.3, -0.25) is 9.59 Å². The molecule has 5 heteroatoms. The van der Waals surface area contributed by atoms with Crippen molar-refractivity contribution in [3.63, 3.8) is 0 Å². The number of carbonyl (C=O) groups is 2. The third-order valence-electron chi connectivity index (χ3n) is 3.80. The van der Waals surface area contributed by atoms with E-state index in [1.165, 1.54) is 0 Å². The molecule has 1 aromatic carbocycles. The smallest absolute Gasteiger partial charge is 0.305 e. The minimum absolute atomic E-state index is 0.0765. The predicted molar refractivity (Wildman–Crippen MR) is 78.4 cm³/mol. The molecule has 0 unspecified atom stereocenters. The van der Waals surface area contributed by atoms with E-state index in [0.717, 1.165) is 11.1 Å². The number of amides is 1. The van der Waals surface area contributed by atoms with E-state index in [0.29, 0.717) is 31.6 Å². The number of aliphatic carboxylic acids is 1. The number of benzene rings is 1. The van der Waals surface area contributed by atoms with E-state index in [9.17, 15) is 9.59 Å². The maximum atomic E-state index is 12.5. The van der Waals surface area contributed by atoms with E-state index >= 15 is 0 Å². The van der Waals surface area contributed by atoms with Crippen LogP contribution in [0.25, 0.3) is 0 Å². The summed E-state index contributed by atoms with van der Waals surface area (Å²) in [4.78, 5) is 23.6. The largest absolute Gasteiger partial charge is 0.481 e. The lowest BCUT2D eigenvalue weighted by Crippen LogP contribution is -2.53. The number of aryl methyl sites for hydroxylation is 2. The Morgan fingerprint density at radius 3 is 2.29 bits per heavy atom. The van der Waals surface area contributed by atoms with Gasteiger partial charge in [-0.05, 0) is 38.8 Å². The van der Waals surface area contributed by atoms with Gasteiger partial charge in [-0.2, -0.15) is 0 Å². The number of rotatable bonds is 4. The lowest BCUT2D eigenvalue weighted by Gasteiger charge is -2.36. The van der Waals surface area contributed by atoms with E-state index in [2.05, 4.69) is 5.32 Å². The molecule has 1 amide bonds. The molecule has 1 aliphatic rings. The first-order valence-corrected chi connectivity index (χ1v) is 7.11. The van der Waals surface area contributed by atoms with Gasteiger partial charge in [-0.15, -0.1) is 0 Å². The predicted octanol–water partition coefficient (Wildman–Crippen LogP) is 2.06. The van der Waals surface area contributed by atoms with Crippen molar-refractivity contribution >= 4 is 11.9 Å². The summed E-state index contributed by atoms with van der Waals surface area (Å²) >= 11 is 0. The standard InChI is InChI=1S/C16H21NO4/c1-11-7-12(2)9-13(8-11)15(20)17-16(10-14(18)19)3-5-21-6-4-16/h7-9H,3-6,10H2,1-2H3,(H,17,20)(H,18,19). The first kappa shape index (κ1) is 15.5. The molecule has 0 atom stereocenters. The Bertz CT molecular complexity index is 527. The van der Waals surface area contributed by atoms with E-state index in [1.807, 2.05) is 32.0 Å². The Morgan fingerprint density at radius 1 is 1.19 bits per heavy atom. The maximum absolute atomic E-state index is 12.5. The second-order valence-corrected chi connectivity index (χ2v) is 5.79. The van der Waals surface area contributed by atoms with Gasteiger partial charge in [0.05, 0.1) is 12.0 Å². The van der Waals surface area contributed by atoms with Gasteiger partial charge in [-0.25, -0.2) is 0 Å². The zero-order valence-corrected chi connectivity index (χ0v) is 12.4. The Labute approximate surface area is 124 Å². The summed E-state index contributed by atoms with van der Waals surface area (Å²) in [5, 5.41) is 12.0. The molecule has 1 fully saturated rings. The maximum Gasteiger partial charge on any atom is 0.305 e. The summed E-state index contributed by atoms with van der Waals surface area (Å²) in [6.45, 7) is 4.82.